The molecule has 2 nitrogen and oxygen atoms in total. The van der Waals surface area contributed by atoms with Gasteiger partial charge in [-0.05, 0) is 43.7 Å². The fourth-order valence-corrected chi connectivity index (χ4v) is 3.19. The molecule has 0 spiro atoms. The lowest BCUT2D eigenvalue weighted by molar-refractivity contribution is 0.0889. The molecule has 0 saturated heterocycles. The van der Waals surface area contributed by atoms with Crippen LogP contribution in [0.4, 0.5) is 0 Å². The average Bonchev–Trinajstić information content (AvgIpc) is 2.47. The number of nitrogens with zero attached hydrogens (tertiary/aromatic N) is 1. The number of ketones is 1. The summed E-state index contributed by atoms with van der Waals surface area (Å²) in [5, 5.41) is 0. The highest BCUT2D eigenvalue weighted by atomic mass is 16.1. The summed E-state index contributed by atoms with van der Waals surface area (Å²) >= 11 is 0. The number of aromatic nitrogens is 1. The number of pyridine rings is 1. The Kier molecular flexibility index (Phi) is 5.33. The Balaban J connectivity index is 2.11. The van der Waals surface area contributed by atoms with Crippen LogP contribution in [0.2, 0.25) is 0 Å². The fraction of sp³-hybridized carbons (Fsp3) is 0.667. The molecule has 0 amide bonds. The highest BCUT2D eigenvalue weighted by Gasteiger charge is 2.31. The molecule has 2 atom stereocenters. The smallest absolute Gasteiger partial charge is 0.167 e. The maximum Gasteiger partial charge on any atom is 0.167 e. The molecule has 0 N–H and O–H groups in total. The number of fused-ring (bicyclic) bond motifs is 1. The molecule has 20 heavy (non-hydrogen) atoms. The van der Waals surface area contributed by atoms with Crippen LogP contribution in [0, 0.1) is 5.92 Å². The first-order valence-electron chi connectivity index (χ1n) is 8.21. The molecule has 1 aliphatic rings. The summed E-state index contributed by atoms with van der Waals surface area (Å²) < 4.78 is 0. The predicted molar refractivity (Wildman–Crippen MR) is 83.2 cm³/mol. The van der Waals surface area contributed by atoms with Gasteiger partial charge in [0.05, 0.1) is 5.69 Å². The minimum atomic E-state index is 0.203. The highest BCUT2D eigenvalue weighted by Crippen LogP contribution is 2.34. The number of unbranched alkanes of at least 4 members (excludes halogenated alkanes) is 3. The van der Waals surface area contributed by atoms with Gasteiger partial charge in [0.2, 0.25) is 0 Å². The van der Waals surface area contributed by atoms with Gasteiger partial charge in [0.25, 0.3) is 0 Å². The van der Waals surface area contributed by atoms with E-state index in [0.29, 0.717) is 11.7 Å². The Hall–Kier alpha value is -1.18. The van der Waals surface area contributed by atoms with Crippen LogP contribution < -0.4 is 0 Å². The van der Waals surface area contributed by atoms with Gasteiger partial charge in [0, 0.05) is 17.2 Å². The van der Waals surface area contributed by atoms with Crippen LogP contribution in [0.25, 0.3) is 0 Å². The van der Waals surface area contributed by atoms with E-state index < -0.39 is 0 Å². The van der Waals surface area contributed by atoms with Crippen molar-refractivity contribution in [1.82, 2.24) is 4.98 Å². The second kappa shape index (κ2) is 7.01. The second-order valence-corrected chi connectivity index (χ2v) is 6.15. The monoisotopic (exact) mass is 273 g/mol. The molecule has 0 unspecified atom stereocenters. The third-order valence-corrected chi connectivity index (χ3v) is 4.50. The molecule has 0 saturated carbocycles. The first-order chi connectivity index (χ1) is 9.67. The Morgan fingerprint density at radius 2 is 2.00 bits per heavy atom. The standard InChI is InChI=1S/C18H27NO/c1-4-6-7-8-9-15-10-11-16-17(19-15)13(3)12-14(5-2)18(16)20/h10-11,13-14H,4-9,12H2,1-3H3/t13-,14+/m0/s1. The summed E-state index contributed by atoms with van der Waals surface area (Å²) in [7, 11) is 0. The number of Topliss-reactive ketones (excluding diaryl/α,β-unsaturated/α-hetero) is 1. The van der Waals surface area contributed by atoms with Gasteiger partial charge in [-0.3, -0.25) is 9.78 Å². The molecule has 0 aliphatic heterocycles. The van der Waals surface area contributed by atoms with E-state index in [-0.39, 0.29) is 5.92 Å². The minimum absolute atomic E-state index is 0.203. The van der Waals surface area contributed by atoms with Gasteiger partial charge in [-0.2, -0.15) is 0 Å². The summed E-state index contributed by atoms with van der Waals surface area (Å²) in [6.07, 6.45) is 8.02. The van der Waals surface area contributed by atoms with Gasteiger partial charge in [0.1, 0.15) is 0 Å². The van der Waals surface area contributed by atoms with Crippen LogP contribution in [-0.4, -0.2) is 10.8 Å². The molecule has 0 fully saturated rings. The zero-order valence-electron chi connectivity index (χ0n) is 13.1. The second-order valence-electron chi connectivity index (χ2n) is 6.15. The van der Waals surface area contributed by atoms with E-state index in [9.17, 15) is 4.79 Å². The van der Waals surface area contributed by atoms with Gasteiger partial charge in [-0.1, -0.05) is 40.0 Å². The van der Waals surface area contributed by atoms with Crippen LogP contribution in [0.15, 0.2) is 12.1 Å². The molecule has 110 valence electrons. The fourth-order valence-electron chi connectivity index (χ4n) is 3.19. The van der Waals surface area contributed by atoms with Crippen LogP contribution in [0.1, 0.15) is 87.0 Å². The van der Waals surface area contributed by atoms with E-state index in [0.717, 1.165) is 36.2 Å². The maximum atomic E-state index is 12.4. The summed E-state index contributed by atoms with van der Waals surface area (Å²) in [5.41, 5.74) is 3.09. The molecule has 1 aromatic heterocycles. The van der Waals surface area contributed by atoms with E-state index >= 15 is 0 Å². The lowest BCUT2D eigenvalue weighted by atomic mass is 9.78. The zero-order valence-corrected chi connectivity index (χ0v) is 13.1. The molecular weight excluding hydrogens is 246 g/mol. The number of carbonyl (C=O) groups excluding carboxylic acids is 1. The van der Waals surface area contributed by atoms with Crippen molar-refractivity contribution in [3.63, 3.8) is 0 Å². The molecular formula is C18H27NO. The molecule has 1 heterocycles. The van der Waals surface area contributed by atoms with Crippen LogP contribution in [0.3, 0.4) is 0 Å². The first kappa shape index (κ1) is 15.2. The van der Waals surface area contributed by atoms with Gasteiger partial charge in [0.15, 0.2) is 5.78 Å². The van der Waals surface area contributed by atoms with Gasteiger partial charge in [-0.25, -0.2) is 0 Å². The third kappa shape index (κ3) is 3.28. The van der Waals surface area contributed by atoms with E-state index in [1.54, 1.807) is 0 Å². The molecule has 0 radical (unpaired) electrons. The van der Waals surface area contributed by atoms with Crippen LogP contribution in [0.5, 0.6) is 0 Å². The predicted octanol–water partition coefficient (Wildman–Crippen LogP) is 4.92. The molecule has 1 aromatic rings. The Morgan fingerprint density at radius 1 is 1.20 bits per heavy atom. The van der Waals surface area contributed by atoms with Crippen molar-refractivity contribution in [2.75, 3.05) is 0 Å². The molecule has 0 aromatic carbocycles. The van der Waals surface area contributed by atoms with E-state index in [4.69, 9.17) is 4.98 Å². The van der Waals surface area contributed by atoms with Crippen molar-refractivity contribution in [3.05, 3.63) is 29.1 Å². The zero-order chi connectivity index (χ0) is 14.5. The van der Waals surface area contributed by atoms with E-state index in [1.807, 2.05) is 6.07 Å². The largest absolute Gasteiger partial charge is 0.294 e. The first-order valence-corrected chi connectivity index (χ1v) is 8.21. The Bertz CT molecular complexity index is 466. The van der Waals surface area contributed by atoms with Crippen molar-refractivity contribution < 1.29 is 4.79 Å². The average molecular weight is 273 g/mol. The van der Waals surface area contributed by atoms with Crippen molar-refractivity contribution >= 4 is 5.78 Å². The summed E-state index contributed by atoms with van der Waals surface area (Å²) in [6.45, 7) is 6.55. The topological polar surface area (TPSA) is 30.0 Å². The van der Waals surface area contributed by atoms with Gasteiger partial charge >= 0.3 is 0 Å². The molecule has 1 aliphatic carbocycles. The number of hydrogen-bond acceptors (Lipinski definition) is 2. The quantitative estimate of drug-likeness (QED) is 0.688. The van der Waals surface area contributed by atoms with Crippen molar-refractivity contribution in [2.45, 2.75) is 71.6 Å². The number of hydrogen-bond donors (Lipinski definition) is 0. The number of carbonyl (C=O) groups is 1. The summed E-state index contributed by atoms with van der Waals surface area (Å²) in [6, 6.07) is 4.09. The van der Waals surface area contributed by atoms with E-state index in [1.165, 1.54) is 25.7 Å². The number of rotatable bonds is 6. The normalized spacial score (nSPS) is 21.9. The van der Waals surface area contributed by atoms with Crippen LogP contribution >= 0.6 is 0 Å². The minimum Gasteiger partial charge on any atom is -0.294 e. The van der Waals surface area contributed by atoms with E-state index in [2.05, 4.69) is 26.8 Å². The van der Waals surface area contributed by atoms with Gasteiger partial charge < -0.3 is 0 Å². The summed E-state index contributed by atoms with van der Waals surface area (Å²) in [5.74, 6) is 0.934. The SMILES string of the molecule is CCCCCCc1ccc2c(n1)[C@@H](C)C[C@@H](CC)C2=O. The summed E-state index contributed by atoms with van der Waals surface area (Å²) in [4.78, 5) is 17.2. The maximum absolute atomic E-state index is 12.4. The lowest BCUT2D eigenvalue weighted by Crippen LogP contribution is -2.25. The van der Waals surface area contributed by atoms with Crippen molar-refractivity contribution in [1.29, 1.82) is 0 Å². The molecule has 2 heteroatoms. The van der Waals surface area contributed by atoms with Crippen LogP contribution in [-0.2, 0) is 6.42 Å². The van der Waals surface area contributed by atoms with Gasteiger partial charge in [-0.15, -0.1) is 0 Å². The number of aryl methyl sites for hydroxylation is 1. The Morgan fingerprint density at radius 3 is 2.70 bits per heavy atom. The highest BCUT2D eigenvalue weighted by molar-refractivity contribution is 6.00. The Labute approximate surface area is 123 Å². The molecule has 0 bridgehead atoms. The van der Waals surface area contributed by atoms with Crippen molar-refractivity contribution in [3.8, 4) is 0 Å². The third-order valence-electron chi connectivity index (χ3n) is 4.50. The lowest BCUT2D eigenvalue weighted by Gasteiger charge is -2.27. The molecule has 2 rings (SSSR count). The van der Waals surface area contributed by atoms with Crippen molar-refractivity contribution in [2.24, 2.45) is 5.92 Å².